The molecule has 3 heterocycles. The summed E-state index contributed by atoms with van der Waals surface area (Å²) in [5.41, 5.74) is 1.97. The fraction of sp³-hybridized carbons (Fsp3) is 0.458. The number of rotatable bonds is 4. The largest absolute Gasteiger partial charge is 0.497 e. The summed E-state index contributed by atoms with van der Waals surface area (Å²) < 4.78 is 11.2. The summed E-state index contributed by atoms with van der Waals surface area (Å²) in [5.74, 6) is 2.41. The topological polar surface area (TPSA) is 54.0 Å². The van der Waals surface area contributed by atoms with Crippen molar-refractivity contribution in [3.05, 3.63) is 54.1 Å². The van der Waals surface area contributed by atoms with Gasteiger partial charge in [0.1, 0.15) is 17.0 Å². The molecule has 0 radical (unpaired) electrons. The van der Waals surface area contributed by atoms with Crippen molar-refractivity contribution in [2.75, 3.05) is 44.9 Å². The molecule has 0 saturated carbocycles. The van der Waals surface area contributed by atoms with Crippen molar-refractivity contribution >= 4 is 11.6 Å². The van der Waals surface area contributed by atoms with E-state index >= 15 is 0 Å². The molecule has 2 fully saturated rings. The number of carbonyl (C=O) groups excluding carboxylic acids is 1. The molecule has 158 valence electrons. The van der Waals surface area contributed by atoms with Crippen molar-refractivity contribution in [2.24, 2.45) is 0 Å². The van der Waals surface area contributed by atoms with Crippen LogP contribution in [0.2, 0.25) is 0 Å². The molecule has 6 heteroatoms. The van der Waals surface area contributed by atoms with Gasteiger partial charge in [-0.05, 0) is 43.0 Å². The van der Waals surface area contributed by atoms with Crippen LogP contribution < -0.4 is 19.7 Å². The van der Waals surface area contributed by atoms with Crippen LogP contribution in [0.15, 0.2) is 48.5 Å². The minimum absolute atomic E-state index is 0.175. The Morgan fingerprint density at radius 3 is 2.73 bits per heavy atom. The Kier molecular flexibility index (Phi) is 5.03. The van der Waals surface area contributed by atoms with Crippen LogP contribution in [-0.4, -0.2) is 56.4 Å². The quantitative estimate of drug-likeness (QED) is 0.845. The third kappa shape index (κ3) is 3.29. The Morgan fingerprint density at radius 1 is 1.17 bits per heavy atom. The zero-order chi connectivity index (χ0) is 20.6. The summed E-state index contributed by atoms with van der Waals surface area (Å²) in [6, 6.07) is 16.5. The molecular formula is C24H29N3O3. The first-order chi connectivity index (χ1) is 14.7. The van der Waals surface area contributed by atoms with Crippen LogP contribution in [0, 0.1) is 0 Å². The molecule has 3 aliphatic rings. The molecule has 5 rings (SSSR count). The van der Waals surface area contributed by atoms with Crippen LogP contribution in [0.25, 0.3) is 0 Å². The van der Waals surface area contributed by atoms with Gasteiger partial charge in [-0.25, -0.2) is 0 Å². The lowest BCUT2D eigenvalue weighted by Crippen LogP contribution is -2.56. The molecule has 1 spiro atoms. The predicted octanol–water partition coefficient (Wildman–Crippen LogP) is 2.99. The van der Waals surface area contributed by atoms with Gasteiger partial charge in [0, 0.05) is 37.3 Å². The van der Waals surface area contributed by atoms with Gasteiger partial charge in [0.15, 0.2) is 0 Å². The highest BCUT2D eigenvalue weighted by atomic mass is 16.5. The molecule has 1 atom stereocenters. The van der Waals surface area contributed by atoms with Crippen molar-refractivity contribution in [3.63, 3.8) is 0 Å². The van der Waals surface area contributed by atoms with E-state index in [1.54, 1.807) is 7.11 Å². The van der Waals surface area contributed by atoms with E-state index in [0.717, 1.165) is 62.7 Å². The molecule has 3 aliphatic heterocycles. The summed E-state index contributed by atoms with van der Waals surface area (Å²) in [7, 11) is 1.68. The van der Waals surface area contributed by atoms with E-state index in [-0.39, 0.29) is 5.91 Å². The second kappa shape index (κ2) is 7.84. The van der Waals surface area contributed by atoms with Crippen molar-refractivity contribution in [1.29, 1.82) is 0 Å². The third-order valence-corrected chi connectivity index (χ3v) is 6.95. The molecule has 1 amide bonds. The average molecular weight is 408 g/mol. The fourth-order valence-electron chi connectivity index (χ4n) is 5.21. The van der Waals surface area contributed by atoms with Gasteiger partial charge in [-0.1, -0.05) is 24.3 Å². The van der Waals surface area contributed by atoms with Crippen LogP contribution >= 0.6 is 0 Å². The Labute approximate surface area is 177 Å². The van der Waals surface area contributed by atoms with Crippen LogP contribution in [0.1, 0.15) is 30.7 Å². The molecule has 1 N–H and O–H groups in total. The number of nitrogens with one attached hydrogen (secondary N) is 1. The fourth-order valence-corrected chi connectivity index (χ4v) is 5.21. The maximum absolute atomic E-state index is 12.9. The first kappa shape index (κ1) is 19.2. The Bertz CT molecular complexity index is 909. The molecule has 0 aromatic heterocycles. The molecule has 0 aliphatic carbocycles. The monoisotopic (exact) mass is 407 g/mol. The number of methoxy groups -OCH3 is 1. The second-order valence-electron chi connectivity index (χ2n) is 8.50. The zero-order valence-electron chi connectivity index (χ0n) is 17.5. The van der Waals surface area contributed by atoms with E-state index in [0.29, 0.717) is 12.6 Å². The van der Waals surface area contributed by atoms with E-state index < -0.39 is 5.54 Å². The zero-order valence-corrected chi connectivity index (χ0v) is 17.5. The van der Waals surface area contributed by atoms with E-state index in [1.165, 1.54) is 5.56 Å². The van der Waals surface area contributed by atoms with Crippen molar-refractivity contribution < 1.29 is 14.3 Å². The smallest absolute Gasteiger partial charge is 0.247 e. The number of amides is 1. The minimum atomic E-state index is -0.418. The first-order valence-electron chi connectivity index (χ1n) is 10.8. The van der Waals surface area contributed by atoms with Gasteiger partial charge in [-0.2, -0.15) is 0 Å². The number of nitrogens with zero attached hydrogens (tertiary/aromatic N) is 2. The molecule has 6 nitrogen and oxygen atoms in total. The van der Waals surface area contributed by atoms with Crippen LogP contribution in [-0.2, 0) is 4.79 Å². The molecule has 2 aromatic carbocycles. The van der Waals surface area contributed by atoms with E-state index in [9.17, 15) is 4.79 Å². The predicted molar refractivity (Wildman–Crippen MR) is 116 cm³/mol. The Balaban J connectivity index is 1.28. The van der Waals surface area contributed by atoms with Crippen molar-refractivity contribution in [2.45, 2.75) is 30.7 Å². The molecule has 2 aromatic rings. The minimum Gasteiger partial charge on any atom is -0.497 e. The molecule has 30 heavy (non-hydrogen) atoms. The molecular weight excluding hydrogens is 378 g/mol. The molecule has 0 bridgehead atoms. The number of piperidine rings is 1. The highest BCUT2D eigenvalue weighted by molar-refractivity contribution is 5.93. The highest BCUT2D eigenvalue weighted by Gasteiger charge is 2.50. The van der Waals surface area contributed by atoms with Crippen molar-refractivity contribution in [1.82, 2.24) is 10.2 Å². The average Bonchev–Trinajstić information content (AvgIpc) is 3.11. The maximum Gasteiger partial charge on any atom is 0.247 e. The second-order valence-corrected chi connectivity index (χ2v) is 8.50. The van der Waals surface area contributed by atoms with E-state index in [1.807, 2.05) is 30.3 Å². The number of hydrogen-bond acceptors (Lipinski definition) is 5. The van der Waals surface area contributed by atoms with Gasteiger partial charge in [-0.15, -0.1) is 0 Å². The SMILES string of the molecule is COc1ccc2c(c1)OCCC2CN1CCC2(CC1)C(=O)NCN2c1ccccc1. The number of hydrogen-bond donors (Lipinski definition) is 1. The van der Waals surface area contributed by atoms with Gasteiger partial charge < -0.3 is 24.6 Å². The van der Waals surface area contributed by atoms with E-state index in [2.05, 4.69) is 33.3 Å². The van der Waals surface area contributed by atoms with Gasteiger partial charge in [0.05, 0.1) is 20.4 Å². The number of likely N-dealkylation sites (tertiary alicyclic amines) is 1. The van der Waals surface area contributed by atoms with Crippen molar-refractivity contribution in [3.8, 4) is 11.5 Å². The lowest BCUT2D eigenvalue weighted by atomic mass is 9.84. The summed E-state index contributed by atoms with van der Waals surface area (Å²) in [4.78, 5) is 17.6. The summed E-state index contributed by atoms with van der Waals surface area (Å²) in [5, 5.41) is 3.09. The Hall–Kier alpha value is -2.73. The van der Waals surface area contributed by atoms with Gasteiger partial charge >= 0.3 is 0 Å². The number of fused-ring (bicyclic) bond motifs is 1. The van der Waals surface area contributed by atoms with E-state index in [4.69, 9.17) is 9.47 Å². The first-order valence-corrected chi connectivity index (χ1v) is 10.8. The molecule has 1 unspecified atom stereocenters. The van der Waals surface area contributed by atoms with Gasteiger partial charge in [0.2, 0.25) is 5.91 Å². The van der Waals surface area contributed by atoms with Crippen LogP contribution in [0.3, 0.4) is 0 Å². The normalized spacial score (nSPS) is 23.0. The van der Waals surface area contributed by atoms with Crippen LogP contribution in [0.4, 0.5) is 5.69 Å². The third-order valence-electron chi connectivity index (χ3n) is 6.95. The highest BCUT2D eigenvalue weighted by Crippen LogP contribution is 2.39. The number of ether oxygens (including phenoxy) is 2. The molecule has 2 saturated heterocycles. The summed E-state index contributed by atoms with van der Waals surface area (Å²) in [6.07, 6.45) is 2.73. The van der Waals surface area contributed by atoms with Gasteiger partial charge in [0.25, 0.3) is 0 Å². The standard InChI is InChI=1S/C24H29N3O3/c1-29-20-7-8-21-18(9-14-30-22(21)15-20)16-26-12-10-24(11-13-26)23(28)25-17-27(24)19-5-3-2-4-6-19/h2-8,15,18H,9-14,16-17H2,1H3,(H,25,28). The summed E-state index contributed by atoms with van der Waals surface area (Å²) in [6.45, 7) is 4.20. The maximum atomic E-state index is 12.9. The van der Waals surface area contributed by atoms with Gasteiger partial charge in [-0.3, -0.25) is 4.79 Å². The number of carbonyl (C=O) groups is 1. The lowest BCUT2D eigenvalue weighted by Gasteiger charge is -2.44. The number of anilines is 1. The lowest BCUT2D eigenvalue weighted by molar-refractivity contribution is -0.125. The van der Waals surface area contributed by atoms with Crippen LogP contribution in [0.5, 0.6) is 11.5 Å². The number of benzene rings is 2. The Morgan fingerprint density at radius 2 is 1.97 bits per heavy atom. The summed E-state index contributed by atoms with van der Waals surface area (Å²) >= 11 is 0. The number of para-hydroxylation sites is 1.